The van der Waals surface area contributed by atoms with Gasteiger partial charge >= 0.3 is 0 Å². The van der Waals surface area contributed by atoms with Crippen LogP contribution in [-0.2, 0) is 11.3 Å². The summed E-state index contributed by atoms with van der Waals surface area (Å²) in [4.78, 5) is 17.9. The van der Waals surface area contributed by atoms with Crippen LogP contribution in [0.25, 0.3) is 11.1 Å². The number of anilines is 1. The summed E-state index contributed by atoms with van der Waals surface area (Å²) >= 11 is 0. The van der Waals surface area contributed by atoms with Crippen molar-refractivity contribution < 1.29 is 9.18 Å². The highest BCUT2D eigenvalue weighted by Gasteiger charge is 2.28. The molecular weight excluding hydrogens is 357 g/mol. The van der Waals surface area contributed by atoms with Crippen LogP contribution in [0.4, 0.5) is 10.2 Å². The van der Waals surface area contributed by atoms with Crippen molar-refractivity contribution >= 4 is 11.7 Å². The summed E-state index contributed by atoms with van der Waals surface area (Å²) in [7, 11) is 0. The van der Waals surface area contributed by atoms with E-state index in [0.717, 1.165) is 41.2 Å². The fourth-order valence-corrected chi connectivity index (χ4v) is 3.61. The number of nitrogens with one attached hydrogen (secondary N) is 2. The van der Waals surface area contributed by atoms with Crippen molar-refractivity contribution in [3.8, 4) is 11.1 Å². The number of carbonyl (C=O) groups excluding carboxylic acids is 1. The highest BCUT2D eigenvalue weighted by molar-refractivity contribution is 5.74. The number of pyridine rings is 1. The van der Waals surface area contributed by atoms with E-state index < -0.39 is 0 Å². The van der Waals surface area contributed by atoms with Gasteiger partial charge in [-0.15, -0.1) is 0 Å². The molecule has 0 aliphatic carbocycles. The summed E-state index contributed by atoms with van der Waals surface area (Å²) in [6, 6.07) is 10.3. The third kappa shape index (κ3) is 3.88. The summed E-state index contributed by atoms with van der Waals surface area (Å²) in [6.07, 6.45) is 4.51. The quantitative estimate of drug-likeness (QED) is 0.711. The molecule has 1 amide bonds. The standard InChI is InChI=1S/C21H22FN5O/c1-14(28)27-9-7-17(13-27)21-19(12-25-26-21)16-6-8-23-20(10-16)24-11-15-2-4-18(22)5-3-15/h2-6,8,10,12,17H,7,9,11,13H2,1H3,(H,23,24)(H,25,26)/t17-/m0/s1. The molecule has 1 aliphatic heterocycles. The van der Waals surface area contributed by atoms with Crippen LogP contribution in [0.1, 0.15) is 30.5 Å². The Morgan fingerprint density at radius 2 is 2.14 bits per heavy atom. The second-order valence-electron chi connectivity index (χ2n) is 7.06. The molecule has 144 valence electrons. The molecule has 28 heavy (non-hydrogen) atoms. The SMILES string of the molecule is CC(=O)N1CC[C@H](c2[nH]ncc2-c2ccnc(NCc3ccc(F)cc3)c2)C1. The van der Waals surface area contributed by atoms with E-state index in [9.17, 15) is 9.18 Å². The Kier molecular flexibility index (Phi) is 5.06. The van der Waals surface area contributed by atoms with Crippen molar-refractivity contribution in [3.05, 3.63) is 65.9 Å². The predicted octanol–water partition coefficient (Wildman–Crippen LogP) is 3.56. The third-order valence-corrected chi connectivity index (χ3v) is 5.17. The smallest absolute Gasteiger partial charge is 0.219 e. The van der Waals surface area contributed by atoms with Crippen molar-refractivity contribution in [1.29, 1.82) is 0 Å². The monoisotopic (exact) mass is 379 g/mol. The van der Waals surface area contributed by atoms with Crippen LogP contribution in [0.3, 0.4) is 0 Å². The summed E-state index contributed by atoms with van der Waals surface area (Å²) in [5.74, 6) is 0.863. The first-order chi connectivity index (χ1) is 13.6. The van der Waals surface area contributed by atoms with Gasteiger partial charge in [-0.25, -0.2) is 9.37 Å². The van der Waals surface area contributed by atoms with Gasteiger partial charge in [-0.3, -0.25) is 9.89 Å². The molecule has 1 aliphatic rings. The minimum Gasteiger partial charge on any atom is -0.366 e. The first-order valence-corrected chi connectivity index (χ1v) is 9.33. The summed E-state index contributed by atoms with van der Waals surface area (Å²) in [5.41, 5.74) is 4.08. The lowest BCUT2D eigenvalue weighted by atomic mass is 9.97. The largest absolute Gasteiger partial charge is 0.366 e. The molecule has 0 radical (unpaired) electrons. The van der Waals surface area contributed by atoms with E-state index in [0.29, 0.717) is 13.1 Å². The number of nitrogens with zero attached hydrogens (tertiary/aromatic N) is 3. The van der Waals surface area contributed by atoms with E-state index in [4.69, 9.17) is 0 Å². The van der Waals surface area contributed by atoms with E-state index in [1.165, 1.54) is 12.1 Å². The lowest BCUT2D eigenvalue weighted by Crippen LogP contribution is -2.25. The minimum absolute atomic E-state index is 0.111. The topological polar surface area (TPSA) is 73.9 Å². The molecule has 4 rings (SSSR count). The Bertz CT molecular complexity index is 969. The minimum atomic E-state index is -0.244. The molecule has 1 fully saturated rings. The molecule has 1 aromatic carbocycles. The molecule has 1 saturated heterocycles. The average molecular weight is 379 g/mol. The number of carbonyl (C=O) groups is 1. The van der Waals surface area contributed by atoms with Gasteiger partial charge in [0, 0.05) is 49.9 Å². The van der Waals surface area contributed by atoms with Gasteiger partial charge in [-0.2, -0.15) is 5.10 Å². The lowest BCUT2D eigenvalue weighted by Gasteiger charge is -2.14. The first-order valence-electron chi connectivity index (χ1n) is 9.33. The van der Waals surface area contributed by atoms with Crippen molar-refractivity contribution in [2.24, 2.45) is 0 Å². The van der Waals surface area contributed by atoms with Crippen LogP contribution in [-0.4, -0.2) is 39.1 Å². The molecule has 0 bridgehead atoms. The normalized spacial score (nSPS) is 16.4. The highest BCUT2D eigenvalue weighted by Crippen LogP contribution is 2.33. The number of rotatable bonds is 5. The van der Waals surface area contributed by atoms with Crippen molar-refractivity contribution in [2.75, 3.05) is 18.4 Å². The van der Waals surface area contributed by atoms with E-state index in [1.807, 2.05) is 23.2 Å². The van der Waals surface area contributed by atoms with Crippen LogP contribution in [0.15, 0.2) is 48.8 Å². The molecule has 2 N–H and O–H groups in total. The van der Waals surface area contributed by atoms with Gasteiger partial charge in [0.2, 0.25) is 5.91 Å². The third-order valence-electron chi connectivity index (χ3n) is 5.17. The zero-order valence-electron chi connectivity index (χ0n) is 15.7. The summed E-state index contributed by atoms with van der Waals surface area (Å²) in [6.45, 7) is 3.66. The number of likely N-dealkylation sites (tertiary alicyclic amines) is 1. The van der Waals surface area contributed by atoms with E-state index in [1.54, 1.807) is 25.3 Å². The Hall–Kier alpha value is -3.22. The highest BCUT2D eigenvalue weighted by atomic mass is 19.1. The zero-order valence-corrected chi connectivity index (χ0v) is 15.7. The van der Waals surface area contributed by atoms with Crippen LogP contribution >= 0.6 is 0 Å². The van der Waals surface area contributed by atoms with E-state index in [2.05, 4.69) is 20.5 Å². The molecule has 3 heterocycles. The summed E-state index contributed by atoms with van der Waals surface area (Å²) in [5, 5.41) is 10.6. The van der Waals surface area contributed by atoms with Crippen molar-refractivity contribution in [3.63, 3.8) is 0 Å². The Balaban J connectivity index is 1.50. The van der Waals surface area contributed by atoms with Gasteiger partial charge in [0.25, 0.3) is 0 Å². The molecule has 0 unspecified atom stereocenters. The Labute approximate surface area is 162 Å². The molecule has 6 nitrogen and oxygen atoms in total. The fourth-order valence-electron chi connectivity index (χ4n) is 3.61. The second-order valence-corrected chi connectivity index (χ2v) is 7.06. The number of hydrogen-bond donors (Lipinski definition) is 2. The molecule has 2 aromatic heterocycles. The Morgan fingerprint density at radius 1 is 1.32 bits per heavy atom. The molecule has 3 aromatic rings. The number of hydrogen-bond acceptors (Lipinski definition) is 4. The van der Waals surface area contributed by atoms with E-state index >= 15 is 0 Å². The second kappa shape index (κ2) is 7.80. The maximum Gasteiger partial charge on any atom is 0.219 e. The summed E-state index contributed by atoms with van der Waals surface area (Å²) < 4.78 is 13.0. The molecule has 7 heteroatoms. The number of aromatic amines is 1. The maximum atomic E-state index is 13.0. The molecule has 1 atom stereocenters. The van der Waals surface area contributed by atoms with Crippen LogP contribution in [0.5, 0.6) is 0 Å². The van der Waals surface area contributed by atoms with Gasteiger partial charge < -0.3 is 10.2 Å². The number of amides is 1. The van der Waals surface area contributed by atoms with Crippen LogP contribution in [0.2, 0.25) is 0 Å². The number of benzene rings is 1. The van der Waals surface area contributed by atoms with Crippen molar-refractivity contribution in [1.82, 2.24) is 20.1 Å². The average Bonchev–Trinajstić information content (AvgIpc) is 3.37. The van der Waals surface area contributed by atoms with Crippen LogP contribution < -0.4 is 5.32 Å². The van der Waals surface area contributed by atoms with Crippen LogP contribution in [0, 0.1) is 5.82 Å². The number of halogens is 1. The zero-order chi connectivity index (χ0) is 19.5. The molecule has 0 saturated carbocycles. The first kappa shape index (κ1) is 18.2. The van der Waals surface area contributed by atoms with Gasteiger partial charge in [0.05, 0.1) is 6.20 Å². The van der Waals surface area contributed by atoms with Gasteiger partial charge in [0.15, 0.2) is 0 Å². The fraction of sp³-hybridized carbons (Fsp3) is 0.286. The molecule has 0 spiro atoms. The van der Waals surface area contributed by atoms with E-state index in [-0.39, 0.29) is 17.6 Å². The van der Waals surface area contributed by atoms with Gasteiger partial charge in [0.1, 0.15) is 11.6 Å². The predicted molar refractivity (Wildman–Crippen MR) is 105 cm³/mol. The van der Waals surface area contributed by atoms with Gasteiger partial charge in [-0.1, -0.05) is 12.1 Å². The maximum absolute atomic E-state index is 13.0. The lowest BCUT2D eigenvalue weighted by molar-refractivity contribution is -0.127. The van der Waals surface area contributed by atoms with Gasteiger partial charge in [-0.05, 0) is 41.8 Å². The number of aromatic nitrogens is 3. The Morgan fingerprint density at radius 3 is 2.89 bits per heavy atom. The molecular formula is C21H22FN5O. The van der Waals surface area contributed by atoms with Crippen molar-refractivity contribution in [2.45, 2.75) is 25.8 Å². The number of H-pyrrole nitrogens is 1.